The molecule has 10 heteroatoms. The van der Waals surface area contributed by atoms with Crippen LogP contribution in [-0.4, -0.2) is 37.6 Å². The maximum Gasteiger partial charge on any atom is 0.417 e. The summed E-state index contributed by atoms with van der Waals surface area (Å²) < 4.78 is 85.2. The molecule has 0 unspecified atom stereocenters. The van der Waals surface area contributed by atoms with Crippen molar-refractivity contribution in [3.05, 3.63) is 29.8 Å². The molecule has 136 valence electrons. The van der Waals surface area contributed by atoms with Crippen molar-refractivity contribution >= 4 is 9.84 Å². The maximum atomic E-state index is 12.5. The van der Waals surface area contributed by atoms with E-state index in [9.17, 15) is 35.5 Å². The largest absolute Gasteiger partial charge is 0.417 e. The smallest absolute Gasteiger partial charge is 0.380 e. The molecular weight excluding hydrogens is 357 g/mol. The molecule has 0 radical (unpaired) electrons. The first-order valence-corrected chi connectivity index (χ1v) is 8.61. The summed E-state index contributed by atoms with van der Waals surface area (Å²) in [4.78, 5) is -0.508. The molecule has 0 heterocycles. The van der Waals surface area contributed by atoms with E-state index in [4.69, 9.17) is 0 Å². The molecule has 1 aromatic carbocycles. The number of nitrogens with one attached hydrogen (secondary N) is 1. The summed E-state index contributed by atoms with van der Waals surface area (Å²) in [6, 6.07) is 4.99. The van der Waals surface area contributed by atoms with Crippen molar-refractivity contribution in [1.29, 1.82) is 0 Å². The predicted octanol–water partition coefficient (Wildman–Crippen LogP) is 2.48. The fourth-order valence-electron chi connectivity index (χ4n) is 2.63. The summed E-state index contributed by atoms with van der Waals surface area (Å²) in [5.74, 6) is -3.87. The topological polar surface area (TPSA) is 66.4 Å². The number of sulfone groups is 1. The highest BCUT2D eigenvalue weighted by atomic mass is 32.2. The van der Waals surface area contributed by atoms with E-state index in [2.05, 4.69) is 5.32 Å². The second-order valence-electron chi connectivity index (χ2n) is 5.89. The predicted molar refractivity (Wildman–Crippen MR) is 75.1 cm³/mol. The SMILES string of the molecule is O=S(=O)(c1cccc(CNCC2CC(O)(C(F)(F)F)C2)c1)C(F)F. The van der Waals surface area contributed by atoms with Gasteiger partial charge in [-0.25, -0.2) is 8.42 Å². The maximum absolute atomic E-state index is 12.5. The van der Waals surface area contributed by atoms with E-state index in [1.165, 1.54) is 12.1 Å². The first-order chi connectivity index (χ1) is 11.0. The number of hydrogen-bond donors (Lipinski definition) is 2. The van der Waals surface area contributed by atoms with Gasteiger partial charge in [0.25, 0.3) is 0 Å². The second-order valence-corrected chi connectivity index (χ2v) is 7.81. The Labute approximate surface area is 135 Å². The standard InChI is InChI=1S/C14H16F5NO3S/c15-12(16)24(22,23)11-3-1-2-9(4-11)7-20-8-10-5-13(21,6-10)14(17,18)19/h1-4,10,12,20-21H,5-8H2. The quantitative estimate of drug-likeness (QED) is 0.752. The van der Waals surface area contributed by atoms with Gasteiger partial charge >= 0.3 is 11.9 Å². The third-order valence-electron chi connectivity index (χ3n) is 4.00. The number of halogens is 5. The Hall–Kier alpha value is -1.26. The number of alkyl halides is 5. The van der Waals surface area contributed by atoms with Crippen LogP contribution in [0.15, 0.2) is 29.2 Å². The van der Waals surface area contributed by atoms with Crippen molar-refractivity contribution in [3.8, 4) is 0 Å². The van der Waals surface area contributed by atoms with Gasteiger partial charge in [-0.1, -0.05) is 12.1 Å². The molecule has 0 aliphatic heterocycles. The van der Waals surface area contributed by atoms with Crippen LogP contribution in [0, 0.1) is 5.92 Å². The second kappa shape index (κ2) is 6.57. The van der Waals surface area contributed by atoms with E-state index in [-0.39, 0.29) is 19.0 Å². The highest BCUT2D eigenvalue weighted by Gasteiger charge is 2.60. The van der Waals surface area contributed by atoms with Crippen molar-refractivity contribution in [1.82, 2.24) is 5.32 Å². The average Bonchev–Trinajstić information content (AvgIpc) is 2.44. The molecule has 1 fully saturated rings. The van der Waals surface area contributed by atoms with Gasteiger partial charge in [-0.2, -0.15) is 22.0 Å². The summed E-state index contributed by atoms with van der Waals surface area (Å²) >= 11 is 0. The van der Waals surface area contributed by atoms with Crippen LogP contribution in [0.2, 0.25) is 0 Å². The van der Waals surface area contributed by atoms with E-state index in [1.807, 2.05) is 0 Å². The number of benzene rings is 1. The number of hydrogen-bond acceptors (Lipinski definition) is 4. The summed E-state index contributed by atoms with van der Waals surface area (Å²) in [6.45, 7) is 0.317. The fourth-order valence-corrected chi connectivity index (χ4v) is 3.42. The van der Waals surface area contributed by atoms with Crippen molar-refractivity contribution in [2.24, 2.45) is 5.92 Å². The lowest BCUT2D eigenvalue weighted by Crippen LogP contribution is -2.57. The molecule has 1 saturated carbocycles. The van der Waals surface area contributed by atoms with Crippen LogP contribution in [0.4, 0.5) is 22.0 Å². The summed E-state index contributed by atoms with van der Waals surface area (Å²) in [6.07, 6.45) is -5.45. The van der Waals surface area contributed by atoms with E-state index < -0.39 is 45.1 Å². The molecule has 2 rings (SSSR count). The molecule has 0 atom stereocenters. The van der Waals surface area contributed by atoms with Crippen LogP contribution in [0.1, 0.15) is 18.4 Å². The Morgan fingerprint density at radius 2 is 1.92 bits per heavy atom. The molecule has 0 amide bonds. The zero-order chi connectivity index (χ0) is 18.2. The molecule has 0 spiro atoms. The van der Waals surface area contributed by atoms with Crippen LogP contribution >= 0.6 is 0 Å². The molecule has 1 aliphatic rings. The molecule has 0 aromatic heterocycles. The van der Waals surface area contributed by atoms with E-state index in [0.717, 1.165) is 12.1 Å². The monoisotopic (exact) mass is 373 g/mol. The third-order valence-corrected chi connectivity index (χ3v) is 5.38. The lowest BCUT2D eigenvalue weighted by atomic mass is 9.70. The van der Waals surface area contributed by atoms with Crippen molar-refractivity contribution in [3.63, 3.8) is 0 Å². The molecule has 0 bridgehead atoms. The molecule has 0 saturated heterocycles. The molecular formula is C14H16F5NO3S. The highest BCUT2D eigenvalue weighted by molar-refractivity contribution is 7.91. The zero-order valence-electron chi connectivity index (χ0n) is 12.4. The van der Waals surface area contributed by atoms with E-state index in [0.29, 0.717) is 5.56 Å². The van der Waals surface area contributed by atoms with E-state index in [1.54, 1.807) is 0 Å². The van der Waals surface area contributed by atoms with E-state index >= 15 is 0 Å². The van der Waals surface area contributed by atoms with Gasteiger partial charge in [0, 0.05) is 6.54 Å². The first kappa shape index (κ1) is 19.1. The lowest BCUT2D eigenvalue weighted by molar-refractivity contribution is -0.298. The molecule has 1 aliphatic carbocycles. The molecule has 4 nitrogen and oxygen atoms in total. The Bertz CT molecular complexity index is 684. The van der Waals surface area contributed by atoms with Gasteiger partial charge in [-0.3, -0.25) is 0 Å². The summed E-state index contributed by atoms with van der Waals surface area (Å²) in [7, 11) is -4.69. The Balaban J connectivity index is 1.87. The highest BCUT2D eigenvalue weighted by Crippen LogP contribution is 2.48. The van der Waals surface area contributed by atoms with Crippen LogP contribution in [0.3, 0.4) is 0 Å². The van der Waals surface area contributed by atoms with Gasteiger partial charge in [0.15, 0.2) is 5.60 Å². The van der Waals surface area contributed by atoms with Gasteiger partial charge in [-0.05, 0) is 43.0 Å². The van der Waals surface area contributed by atoms with Crippen LogP contribution in [-0.2, 0) is 16.4 Å². The van der Waals surface area contributed by atoms with Gasteiger partial charge in [0.1, 0.15) is 0 Å². The summed E-state index contributed by atoms with van der Waals surface area (Å²) in [5.41, 5.74) is -2.22. The Kier molecular flexibility index (Phi) is 5.22. The number of aliphatic hydroxyl groups is 1. The Morgan fingerprint density at radius 3 is 2.46 bits per heavy atom. The van der Waals surface area contributed by atoms with Crippen LogP contribution in [0.5, 0.6) is 0 Å². The van der Waals surface area contributed by atoms with Crippen LogP contribution < -0.4 is 5.32 Å². The van der Waals surface area contributed by atoms with Gasteiger partial charge in [-0.15, -0.1) is 0 Å². The fraction of sp³-hybridized carbons (Fsp3) is 0.571. The first-order valence-electron chi connectivity index (χ1n) is 7.06. The molecule has 1 aromatic rings. The van der Waals surface area contributed by atoms with Crippen molar-refractivity contribution in [2.45, 2.75) is 41.8 Å². The summed E-state index contributed by atoms with van der Waals surface area (Å²) in [5, 5.41) is 12.2. The van der Waals surface area contributed by atoms with Gasteiger partial charge < -0.3 is 10.4 Å². The Morgan fingerprint density at radius 1 is 1.29 bits per heavy atom. The zero-order valence-corrected chi connectivity index (χ0v) is 13.2. The minimum atomic E-state index is -4.69. The third kappa shape index (κ3) is 3.86. The minimum absolute atomic E-state index is 0.119. The lowest BCUT2D eigenvalue weighted by Gasteiger charge is -2.44. The van der Waals surface area contributed by atoms with Crippen molar-refractivity contribution < 1.29 is 35.5 Å². The van der Waals surface area contributed by atoms with Crippen LogP contribution in [0.25, 0.3) is 0 Å². The van der Waals surface area contributed by atoms with Crippen molar-refractivity contribution in [2.75, 3.05) is 6.54 Å². The molecule has 24 heavy (non-hydrogen) atoms. The normalized spacial score (nSPS) is 24.9. The molecule has 2 N–H and O–H groups in total. The van der Waals surface area contributed by atoms with Gasteiger partial charge in [0.2, 0.25) is 9.84 Å². The number of rotatable bonds is 6. The minimum Gasteiger partial charge on any atom is -0.380 e. The average molecular weight is 373 g/mol. The van der Waals surface area contributed by atoms with Gasteiger partial charge in [0.05, 0.1) is 4.90 Å².